The number of rotatable bonds is 6. The van der Waals surface area contributed by atoms with Gasteiger partial charge in [0.05, 0.1) is 13.1 Å². The molecule has 0 spiro atoms. The summed E-state index contributed by atoms with van der Waals surface area (Å²) in [6, 6.07) is 1.52. The van der Waals surface area contributed by atoms with E-state index in [1.807, 2.05) is 25.8 Å². The van der Waals surface area contributed by atoms with Crippen LogP contribution in [0.5, 0.6) is 0 Å². The van der Waals surface area contributed by atoms with E-state index in [1.54, 1.807) is 0 Å². The van der Waals surface area contributed by atoms with Crippen LogP contribution in [0.4, 0.5) is 0 Å². The van der Waals surface area contributed by atoms with Gasteiger partial charge in [-0.2, -0.15) is 4.98 Å². The monoisotopic (exact) mass is 277 g/mol. The Kier molecular flexibility index (Phi) is 4.62. The summed E-state index contributed by atoms with van der Waals surface area (Å²) in [5.41, 5.74) is 0.675. The molecule has 0 amide bonds. The first-order valence-corrected chi connectivity index (χ1v) is 6.69. The average Bonchev–Trinajstić information content (AvgIpc) is 2.85. The van der Waals surface area contributed by atoms with Crippen LogP contribution in [0.3, 0.4) is 0 Å². The Morgan fingerprint density at radius 2 is 2.05 bits per heavy atom. The molecule has 0 aliphatic heterocycles. The van der Waals surface area contributed by atoms with Crippen LogP contribution in [-0.4, -0.2) is 32.1 Å². The smallest absolute Gasteiger partial charge is 0.251 e. The molecule has 0 bridgehead atoms. The highest BCUT2D eigenvalue weighted by Crippen LogP contribution is 2.04. The van der Waals surface area contributed by atoms with Crippen LogP contribution in [-0.2, 0) is 25.9 Å². The Morgan fingerprint density at radius 3 is 2.70 bits per heavy atom. The van der Waals surface area contributed by atoms with Gasteiger partial charge in [-0.25, -0.2) is 4.98 Å². The van der Waals surface area contributed by atoms with Crippen LogP contribution < -0.4 is 5.56 Å². The normalized spacial score (nSPS) is 11.2. The van der Waals surface area contributed by atoms with Gasteiger partial charge in [0.1, 0.15) is 5.82 Å². The van der Waals surface area contributed by atoms with Crippen molar-refractivity contribution >= 4 is 0 Å². The third-order valence-corrected chi connectivity index (χ3v) is 2.86. The van der Waals surface area contributed by atoms with Crippen molar-refractivity contribution in [3.05, 3.63) is 39.7 Å². The fraction of sp³-hybridized carbons (Fsp3) is 0.538. The first kappa shape index (κ1) is 14.4. The zero-order chi connectivity index (χ0) is 14.5. The lowest BCUT2D eigenvalue weighted by molar-refractivity contribution is 0.255. The molecule has 7 nitrogen and oxygen atoms in total. The summed E-state index contributed by atoms with van der Waals surface area (Å²) in [6.07, 6.45) is 1.49. The Hall–Kier alpha value is -2.02. The minimum Gasteiger partial charge on any atom is -0.338 e. The number of nitrogens with one attached hydrogen (secondary N) is 1. The summed E-state index contributed by atoms with van der Waals surface area (Å²) in [7, 11) is 1.91. The molecular weight excluding hydrogens is 258 g/mol. The molecule has 2 aromatic rings. The molecule has 20 heavy (non-hydrogen) atoms. The molecule has 0 aliphatic rings. The number of H-pyrrole nitrogens is 1. The van der Waals surface area contributed by atoms with E-state index >= 15 is 0 Å². The molecule has 0 radical (unpaired) electrons. The SMILES string of the molecule is CCc1cc(=O)[nH]c(CN(C)Cc2nc(CC)no2)n1. The Morgan fingerprint density at radius 1 is 1.25 bits per heavy atom. The maximum absolute atomic E-state index is 11.5. The molecule has 0 unspecified atom stereocenters. The van der Waals surface area contributed by atoms with E-state index in [-0.39, 0.29) is 5.56 Å². The number of aryl methyl sites for hydroxylation is 2. The van der Waals surface area contributed by atoms with Gasteiger partial charge in [-0.1, -0.05) is 19.0 Å². The maximum atomic E-state index is 11.5. The van der Waals surface area contributed by atoms with Gasteiger partial charge in [0, 0.05) is 18.2 Å². The summed E-state index contributed by atoms with van der Waals surface area (Å²) >= 11 is 0. The number of aromatic nitrogens is 4. The number of hydrogen-bond acceptors (Lipinski definition) is 6. The van der Waals surface area contributed by atoms with Crippen molar-refractivity contribution < 1.29 is 4.52 Å². The zero-order valence-corrected chi connectivity index (χ0v) is 12.0. The fourth-order valence-electron chi connectivity index (χ4n) is 1.86. The van der Waals surface area contributed by atoms with Crippen molar-refractivity contribution in [2.45, 2.75) is 39.8 Å². The summed E-state index contributed by atoms with van der Waals surface area (Å²) in [6.45, 7) is 4.99. The molecule has 0 aliphatic carbocycles. The Labute approximate surface area is 117 Å². The molecule has 108 valence electrons. The van der Waals surface area contributed by atoms with Crippen molar-refractivity contribution in [3.8, 4) is 0 Å². The number of aromatic amines is 1. The van der Waals surface area contributed by atoms with Crippen LogP contribution >= 0.6 is 0 Å². The molecule has 0 saturated carbocycles. The van der Waals surface area contributed by atoms with E-state index in [9.17, 15) is 4.79 Å². The van der Waals surface area contributed by atoms with Gasteiger partial charge >= 0.3 is 0 Å². The second-order valence-electron chi connectivity index (χ2n) is 4.67. The minimum atomic E-state index is -0.119. The number of hydrogen-bond donors (Lipinski definition) is 1. The molecule has 1 N–H and O–H groups in total. The van der Waals surface area contributed by atoms with Crippen LogP contribution in [0.2, 0.25) is 0 Å². The quantitative estimate of drug-likeness (QED) is 0.844. The van der Waals surface area contributed by atoms with Crippen molar-refractivity contribution in [1.29, 1.82) is 0 Å². The molecule has 0 aromatic carbocycles. The van der Waals surface area contributed by atoms with Gasteiger partial charge in [-0.05, 0) is 13.5 Å². The van der Waals surface area contributed by atoms with Gasteiger partial charge in [0.15, 0.2) is 5.82 Å². The molecule has 2 heterocycles. The van der Waals surface area contributed by atoms with E-state index < -0.39 is 0 Å². The second-order valence-corrected chi connectivity index (χ2v) is 4.67. The number of nitrogens with zero attached hydrogens (tertiary/aromatic N) is 4. The van der Waals surface area contributed by atoms with Crippen LogP contribution in [0.1, 0.15) is 37.1 Å². The van der Waals surface area contributed by atoms with Gasteiger partial charge < -0.3 is 9.51 Å². The van der Waals surface area contributed by atoms with E-state index in [0.717, 1.165) is 18.5 Å². The molecule has 0 fully saturated rings. The summed E-state index contributed by atoms with van der Waals surface area (Å²) in [5.74, 6) is 1.92. The van der Waals surface area contributed by atoms with Gasteiger partial charge in [0.25, 0.3) is 5.56 Å². The summed E-state index contributed by atoms with van der Waals surface area (Å²) in [5, 5.41) is 3.85. The summed E-state index contributed by atoms with van der Waals surface area (Å²) < 4.78 is 5.14. The highest BCUT2D eigenvalue weighted by molar-refractivity contribution is 5.02. The predicted octanol–water partition coefficient (Wildman–Crippen LogP) is 0.910. The third kappa shape index (κ3) is 3.74. The van der Waals surface area contributed by atoms with E-state index in [1.165, 1.54) is 6.07 Å². The third-order valence-electron chi connectivity index (χ3n) is 2.86. The van der Waals surface area contributed by atoms with Crippen LogP contribution in [0.25, 0.3) is 0 Å². The van der Waals surface area contributed by atoms with E-state index in [4.69, 9.17) is 4.52 Å². The maximum Gasteiger partial charge on any atom is 0.251 e. The average molecular weight is 277 g/mol. The van der Waals surface area contributed by atoms with Crippen molar-refractivity contribution in [1.82, 2.24) is 25.0 Å². The van der Waals surface area contributed by atoms with Crippen molar-refractivity contribution in [3.63, 3.8) is 0 Å². The highest BCUT2D eigenvalue weighted by Gasteiger charge is 2.10. The minimum absolute atomic E-state index is 0.119. The second kappa shape index (κ2) is 6.42. The van der Waals surface area contributed by atoms with Crippen molar-refractivity contribution in [2.24, 2.45) is 0 Å². The molecule has 0 saturated heterocycles. The lowest BCUT2D eigenvalue weighted by atomic mass is 10.3. The van der Waals surface area contributed by atoms with E-state index in [2.05, 4.69) is 20.1 Å². The van der Waals surface area contributed by atoms with Gasteiger partial charge in [-0.15, -0.1) is 0 Å². The topological polar surface area (TPSA) is 87.9 Å². The predicted molar refractivity (Wildman–Crippen MR) is 73.1 cm³/mol. The first-order valence-electron chi connectivity index (χ1n) is 6.69. The standard InChI is InChI=1S/C13H19N5O2/c1-4-9-6-12(19)15-11(14-9)7-18(3)8-13-16-10(5-2)17-20-13/h6H,4-5,7-8H2,1-3H3,(H,14,15,19). The molecular formula is C13H19N5O2. The Bertz CT molecular complexity index is 619. The largest absolute Gasteiger partial charge is 0.338 e. The zero-order valence-electron chi connectivity index (χ0n) is 12.0. The fourth-order valence-corrected chi connectivity index (χ4v) is 1.86. The van der Waals surface area contributed by atoms with Gasteiger partial charge in [0.2, 0.25) is 5.89 Å². The molecule has 0 atom stereocenters. The first-order chi connectivity index (χ1) is 9.60. The highest BCUT2D eigenvalue weighted by atomic mass is 16.5. The van der Waals surface area contributed by atoms with Crippen LogP contribution in [0.15, 0.2) is 15.4 Å². The van der Waals surface area contributed by atoms with E-state index in [0.29, 0.717) is 30.6 Å². The summed E-state index contributed by atoms with van der Waals surface area (Å²) in [4.78, 5) is 24.8. The Balaban J connectivity index is 2.02. The lowest BCUT2D eigenvalue weighted by Gasteiger charge is -2.13. The van der Waals surface area contributed by atoms with Crippen molar-refractivity contribution in [2.75, 3.05) is 7.05 Å². The molecule has 2 aromatic heterocycles. The molecule has 7 heteroatoms. The van der Waals surface area contributed by atoms with Gasteiger partial charge in [-0.3, -0.25) is 9.69 Å². The lowest BCUT2D eigenvalue weighted by Crippen LogP contribution is -2.22. The van der Waals surface area contributed by atoms with Crippen LogP contribution in [0, 0.1) is 0 Å². The molecule has 2 rings (SSSR count).